The third kappa shape index (κ3) is 3.09. The third-order valence-electron chi connectivity index (χ3n) is 3.73. The van der Waals surface area contributed by atoms with Gasteiger partial charge in [0.15, 0.2) is 0 Å². The topological polar surface area (TPSA) is 15.8 Å². The minimum atomic E-state index is -4.26. The summed E-state index contributed by atoms with van der Waals surface area (Å²) in [5.74, 6) is 0. The summed E-state index contributed by atoms with van der Waals surface area (Å²) >= 11 is -1.66. The molecule has 0 amide bonds. The molecule has 3 rings (SSSR count). The Hall–Kier alpha value is -1.24. The quantitative estimate of drug-likeness (QED) is 0.397. The summed E-state index contributed by atoms with van der Waals surface area (Å²) in [5, 5.41) is 0. The standard InChI is InChI=1S/C17H17F3IN/c1-2-21(14-9-7-13(8-10-14)17(18,19)20)16-11-12-5-3-4-6-15(12)22-16/h3-4,7-11,22H,2,5-6H2,1H3. The first-order valence-electron chi connectivity index (χ1n) is 7.17. The second-order valence-corrected chi connectivity index (χ2v) is 11.1. The van der Waals surface area contributed by atoms with Gasteiger partial charge in [0.1, 0.15) is 0 Å². The number of rotatable bonds is 3. The zero-order valence-electron chi connectivity index (χ0n) is 12.2. The zero-order valence-corrected chi connectivity index (χ0v) is 14.3. The monoisotopic (exact) mass is 419 g/mol. The number of aromatic nitrogens is 1. The van der Waals surface area contributed by atoms with Crippen LogP contribution in [0.4, 0.5) is 13.2 Å². The molecule has 0 radical (unpaired) electrons. The molecule has 1 aliphatic carbocycles. The number of hydrogen-bond donors (Lipinski definition) is 1. The average molecular weight is 419 g/mol. The third-order valence-corrected chi connectivity index (χ3v) is 9.47. The molecular formula is C17H17F3IN. The van der Waals surface area contributed by atoms with Crippen molar-refractivity contribution in [2.24, 2.45) is 0 Å². The fourth-order valence-electron chi connectivity index (χ4n) is 2.61. The van der Waals surface area contributed by atoms with Crippen LogP contribution in [-0.4, -0.2) is 9.41 Å². The van der Waals surface area contributed by atoms with Gasteiger partial charge in [-0.1, -0.05) is 0 Å². The molecule has 5 heteroatoms. The van der Waals surface area contributed by atoms with Crippen molar-refractivity contribution in [2.45, 2.75) is 25.9 Å². The van der Waals surface area contributed by atoms with Crippen LogP contribution in [0, 0.1) is 7.27 Å². The van der Waals surface area contributed by atoms with E-state index in [9.17, 15) is 13.2 Å². The van der Waals surface area contributed by atoms with Gasteiger partial charge in [0.05, 0.1) is 0 Å². The van der Waals surface area contributed by atoms with Crippen LogP contribution >= 0.6 is 19.8 Å². The van der Waals surface area contributed by atoms with E-state index >= 15 is 0 Å². The summed E-state index contributed by atoms with van der Waals surface area (Å²) < 4.78 is 41.4. The number of benzene rings is 1. The first-order chi connectivity index (χ1) is 10.5. The summed E-state index contributed by atoms with van der Waals surface area (Å²) in [6, 6.07) is 7.97. The molecule has 0 fully saturated rings. The molecule has 0 spiro atoms. The van der Waals surface area contributed by atoms with Gasteiger partial charge in [-0.05, 0) is 0 Å². The van der Waals surface area contributed by atoms with E-state index in [1.165, 1.54) is 27.1 Å². The van der Waals surface area contributed by atoms with E-state index in [2.05, 4.69) is 30.1 Å². The maximum atomic E-state index is 12.7. The van der Waals surface area contributed by atoms with Gasteiger partial charge in [0, 0.05) is 0 Å². The minimum absolute atomic E-state index is 0.571. The van der Waals surface area contributed by atoms with Gasteiger partial charge in [-0.15, -0.1) is 0 Å². The summed E-state index contributed by atoms with van der Waals surface area (Å²) in [4.78, 5) is 3.52. The molecular weight excluding hydrogens is 402 g/mol. The number of hydrogen-bond acceptors (Lipinski definition) is 0. The molecule has 0 atom stereocenters. The Morgan fingerprint density at radius 1 is 1.09 bits per heavy atom. The first kappa shape index (κ1) is 15.6. The van der Waals surface area contributed by atoms with Gasteiger partial charge in [0.25, 0.3) is 0 Å². The SMILES string of the molecule is CCI(c1ccc(C(F)(F)F)cc1)c1cc2c([nH]1)CC=CC2. The van der Waals surface area contributed by atoms with Crippen LogP contribution in [0.15, 0.2) is 42.5 Å². The van der Waals surface area contributed by atoms with Crippen molar-refractivity contribution in [3.05, 3.63) is 66.6 Å². The molecule has 2 aromatic rings. The zero-order chi connectivity index (χ0) is 15.7. The van der Waals surface area contributed by atoms with Gasteiger partial charge in [-0.3, -0.25) is 0 Å². The molecule has 1 aliphatic rings. The molecule has 1 aromatic heterocycles. The second kappa shape index (κ2) is 6.10. The molecule has 1 heterocycles. The molecule has 1 N–H and O–H groups in total. The Labute approximate surface area is 135 Å². The van der Waals surface area contributed by atoms with E-state index in [-0.39, 0.29) is 0 Å². The second-order valence-electron chi connectivity index (χ2n) is 5.13. The fourth-order valence-corrected chi connectivity index (χ4v) is 7.61. The summed E-state index contributed by atoms with van der Waals surface area (Å²) in [6.45, 7) is 2.13. The molecule has 0 bridgehead atoms. The van der Waals surface area contributed by atoms with E-state index in [4.69, 9.17) is 0 Å². The van der Waals surface area contributed by atoms with E-state index in [0.29, 0.717) is 0 Å². The maximum absolute atomic E-state index is 12.7. The van der Waals surface area contributed by atoms with Gasteiger partial charge in [-0.25, -0.2) is 0 Å². The molecule has 1 nitrogen and oxygen atoms in total. The predicted octanol–water partition coefficient (Wildman–Crippen LogP) is 5.25. The summed E-state index contributed by atoms with van der Waals surface area (Å²) in [6.07, 6.45) is 1.94. The number of alkyl halides is 4. The summed E-state index contributed by atoms with van der Waals surface area (Å²) in [5.41, 5.74) is 2.03. The van der Waals surface area contributed by atoms with Crippen molar-refractivity contribution < 1.29 is 13.2 Å². The normalized spacial score (nSPS) is 14.8. The Balaban J connectivity index is 1.89. The Morgan fingerprint density at radius 3 is 2.36 bits per heavy atom. The van der Waals surface area contributed by atoms with Crippen molar-refractivity contribution in [3.63, 3.8) is 0 Å². The van der Waals surface area contributed by atoms with E-state index in [1.807, 2.05) is 0 Å². The number of allylic oxidation sites excluding steroid dienone is 2. The van der Waals surface area contributed by atoms with Gasteiger partial charge in [-0.2, -0.15) is 0 Å². The Kier molecular flexibility index (Phi) is 4.34. The predicted molar refractivity (Wildman–Crippen MR) is 90.7 cm³/mol. The molecule has 0 saturated heterocycles. The number of nitrogens with one attached hydrogen (secondary N) is 1. The van der Waals surface area contributed by atoms with Crippen molar-refractivity contribution in [1.82, 2.24) is 4.98 Å². The van der Waals surface area contributed by atoms with Crippen molar-refractivity contribution in [1.29, 1.82) is 0 Å². The van der Waals surface area contributed by atoms with Crippen LogP contribution < -0.4 is 0 Å². The molecule has 22 heavy (non-hydrogen) atoms. The van der Waals surface area contributed by atoms with E-state index in [1.54, 1.807) is 12.1 Å². The first-order valence-corrected chi connectivity index (χ1v) is 10.9. The number of aromatic amines is 1. The van der Waals surface area contributed by atoms with E-state index in [0.717, 1.165) is 20.8 Å². The summed E-state index contributed by atoms with van der Waals surface area (Å²) in [7, 11) is 0. The molecule has 0 saturated carbocycles. The van der Waals surface area contributed by atoms with Crippen LogP contribution in [0.25, 0.3) is 0 Å². The van der Waals surface area contributed by atoms with E-state index < -0.39 is 31.6 Å². The van der Waals surface area contributed by atoms with Crippen LogP contribution in [0.2, 0.25) is 0 Å². The fraction of sp³-hybridized carbons (Fsp3) is 0.294. The molecule has 1 aromatic carbocycles. The van der Waals surface area contributed by atoms with Crippen LogP contribution in [0.5, 0.6) is 0 Å². The average Bonchev–Trinajstić information content (AvgIpc) is 2.91. The Morgan fingerprint density at radius 2 is 1.77 bits per heavy atom. The van der Waals surface area contributed by atoms with Gasteiger partial charge in [0.2, 0.25) is 0 Å². The van der Waals surface area contributed by atoms with Crippen molar-refractivity contribution in [3.8, 4) is 0 Å². The number of fused-ring (bicyclic) bond motifs is 1. The van der Waals surface area contributed by atoms with Crippen LogP contribution in [-0.2, 0) is 19.0 Å². The number of halogens is 4. The van der Waals surface area contributed by atoms with Crippen molar-refractivity contribution in [2.75, 3.05) is 4.43 Å². The number of H-pyrrole nitrogens is 1. The molecule has 0 unspecified atom stereocenters. The van der Waals surface area contributed by atoms with Crippen molar-refractivity contribution >= 4 is 19.8 Å². The molecule has 0 aliphatic heterocycles. The van der Waals surface area contributed by atoms with Crippen LogP contribution in [0.3, 0.4) is 0 Å². The van der Waals surface area contributed by atoms with Gasteiger partial charge < -0.3 is 0 Å². The van der Waals surface area contributed by atoms with Crippen LogP contribution in [0.1, 0.15) is 23.7 Å². The molecule has 118 valence electrons. The Bertz CT molecular complexity index is 657. The van der Waals surface area contributed by atoms with Gasteiger partial charge >= 0.3 is 135 Å².